The average Bonchev–Trinajstić information content (AvgIpc) is 2.52. The molecular weight excluding hydrogens is 292 g/mol. The van der Waals surface area contributed by atoms with Crippen molar-refractivity contribution >= 4 is 17.6 Å². The number of hydrogen-bond acceptors (Lipinski definition) is 4. The molecule has 126 valence electrons. The molecular formula is C18H26N2O3. The Morgan fingerprint density at radius 2 is 2.04 bits per heavy atom. The minimum absolute atomic E-state index is 0.167. The third kappa shape index (κ3) is 4.47. The Morgan fingerprint density at radius 3 is 2.74 bits per heavy atom. The molecule has 0 spiro atoms. The summed E-state index contributed by atoms with van der Waals surface area (Å²) in [6.45, 7) is 5.98. The van der Waals surface area contributed by atoms with Crippen molar-refractivity contribution in [1.29, 1.82) is 0 Å². The van der Waals surface area contributed by atoms with Crippen molar-refractivity contribution in [3.05, 3.63) is 29.3 Å². The maximum Gasteiger partial charge on any atom is 0.338 e. The molecule has 23 heavy (non-hydrogen) atoms. The highest BCUT2D eigenvalue weighted by molar-refractivity contribution is 5.92. The predicted octanol–water partition coefficient (Wildman–Crippen LogP) is 2.67. The summed E-state index contributed by atoms with van der Waals surface area (Å²) in [5, 5.41) is 2.99. The van der Waals surface area contributed by atoms with Gasteiger partial charge in [0.2, 0.25) is 0 Å². The fourth-order valence-electron chi connectivity index (χ4n) is 3.02. The first kappa shape index (κ1) is 17.3. The molecule has 0 bridgehead atoms. The Hall–Kier alpha value is -2.04. The van der Waals surface area contributed by atoms with Gasteiger partial charge in [0.15, 0.2) is 6.61 Å². The first-order chi connectivity index (χ1) is 10.9. The van der Waals surface area contributed by atoms with Crippen molar-refractivity contribution in [1.82, 2.24) is 5.32 Å². The van der Waals surface area contributed by atoms with Gasteiger partial charge in [0.1, 0.15) is 0 Å². The average molecular weight is 318 g/mol. The zero-order chi connectivity index (χ0) is 17.0. The van der Waals surface area contributed by atoms with Gasteiger partial charge in [0.25, 0.3) is 5.91 Å². The van der Waals surface area contributed by atoms with Crippen LogP contribution < -0.4 is 11.1 Å². The highest BCUT2D eigenvalue weighted by Gasteiger charge is 2.28. The van der Waals surface area contributed by atoms with E-state index >= 15 is 0 Å². The summed E-state index contributed by atoms with van der Waals surface area (Å²) in [5.74, 6) is 0.272. The van der Waals surface area contributed by atoms with E-state index in [1.165, 1.54) is 6.42 Å². The number of carbonyl (C=O) groups excluding carboxylic acids is 2. The second-order valence-electron chi connectivity index (χ2n) is 6.59. The molecule has 2 rings (SSSR count). The summed E-state index contributed by atoms with van der Waals surface area (Å²) in [5.41, 5.74) is 7.58. The van der Waals surface area contributed by atoms with Crippen molar-refractivity contribution in [3.8, 4) is 0 Å². The lowest BCUT2D eigenvalue weighted by molar-refractivity contribution is -0.125. The van der Waals surface area contributed by atoms with E-state index in [-0.39, 0.29) is 18.6 Å². The molecule has 1 aromatic rings. The second kappa shape index (κ2) is 7.49. The zero-order valence-electron chi connectivity index (χ0n) is 14.1. The lowest BCUT2D eigenvalue weighted by Gasteiger charge is -2.34. The molecule has 1 saturated carbocycles. The maximum atomic E-state index is 12.0. The molecule has 0 aromatic heterocycles. The smallest absolute Gasteiger partial charge is 0.338 e. The van der Waals surface area contributed by atoms with E-state index in [1.807, 2.05) is 6.92 Å². The number of nitrogens with two attached hydrogens (primary N) is 1. The molecule has 3 N–H and O–H groups in total. The summed E-state index contributed by atoms with van der Waals surface area (Å²) in [6.07, 6.45) is 3.32. The number of ether oxygens (including phenoxy) is 1. The number of esters is 1. The fourth-order valence-corrected chi connectivity index (χ4v) is 3.02. The zero-order valence-corrected chi connectivity index (χ0v) is 14.1. The van der Waals surface area contributed by atoms with Crippen LogP contribution in [0, 0.1) is 18.8 Å². The Labute approximate surface area is 137 Å². The molecule has 0 unspecified atom stereocenters. The summed E-state index contributed by atoms with van der Waals surface area (Å²) < 4.78 is 5.08. The van der Waals surface area contributed by atoms with Gasteiger partial charge in [-0.1, -0.05) is 32.8 Å². The van der Waals surface area contributed by atoms with Gasteiger partial charge in [-0.3, -0.25) is 4.79 Å². The third-order valence-corrected chi connectivity index (χ3v) is 4.90. The van der Waals surface area contributed by atoms with E-state index in [4.69, 9.17) is 10.5 Å². The Bertz CT molecular complexity index is 586. The summed E-state index contributed by atoms with van der Waals surface area (Å²) in [7, 11) is 0. The van der Waals surface area contributed by atoms with Crippen LogP contribution in [0.15, 0.2) is 18.2 Å². The van der Waals surface area contributed by atoms with Crippen molar-refractivity contribution < 1.29 is 14.3 Å². The van der Waals surface area contributed by atoms with E-state index in [9.17, 15) is 9.59 Å². The summed E-state index contributed by atoms with van der Waals surface area (Å²) in [6, 6.07) is 5.15. The number of anilines is 1. The van der Waals surface area contributed by atoms with Crippen LogP contribution in [-0.4, -0.2) is 24.5 Å². The van der Waals surface area contributed by atoms with Crippen LogP contribution in [0.3, 0.4) is 0 Å². The molecule has 0 heterocycles. The molecule has 5 heteroatoms. The van der Waals surface area contributed by atoms with E-state index in [0.29, 0.717) is 23.1 Å². The molecule has 0 saturated heterocycles. The first-order valence-electron chi connectivity index (χ1n) is 8.21. The Balaban J connectivity index is 1.84. The molecule has 3 atom stereocenters. The van der Waals surface area contributed by atoms with Crippen LogP contribution in [0.4, 0.5) is 5.69 Å². The number of hydrogen-bond donors (Lipinski definition) is 2. The van der Waals surface area contributed by atoms with Crippen LogP contribution >= 0.6 is 0 Å². The van der Waals surface area contributed by atoms with Gasteiger partial charge in [-0.15, -0.1) is 0 Å². The number of rotatable bonds is 4. The van der Waals surface area contributed by atoms with Crippen LogP contribution in [0.5, 0.6) is 0 Å². The van der Waals surface area contributed by atoms with Crippen LogP contribution in [-0.2, 0) is 9.53 Å². The third-order valence-electron chi connectivity index (χ3n) is 4.90. The van der Waals surface area contributed by atoms with E-state index < -0.39 is 5.97 Å². The van der Waals surface area contributed by atoms with Gasteiger partial charge in [0, 0.05) is 11.7 Å². The normalized spacial score (nSPS) is 24.0. The van der Waals surface area contributed by atoms with E-state index in [2.05, 4.69) is 19.2 Å². The van der Waals surface area contributed by atoms with Crippen molar-refractivity contribution in [2.45, 2.75) is 46.1 Å². The van der Waals surface area contributed by atoms with Gasteiger partial charge in [-0.2, -0.15) is 0 Å². The van der Waals surface area contributed by atoms with Gasteiger partial charge < -0.3 is 15.8 Å². The van der Waals surface area contributed by atoms with Crippen LogP contribution in [0.25, 0.3) is 0 Å². The molecule has 0 radical (unpaired) electrons. The highest BCUT2D eigenvalue weighted by Crippen LogP contribution is 2.29. The molecule has 1 aromatic carbocycles. The number of nitrogen functional groups attached to an aromatic ring is 1. The number of nitrogens with one attached hydrogen (secondary N) is 1. The minimum Gasteiger partial charge on any atom is -0.452 e. The number of amides is 1. The topological polar surface area (TPSA) is 81.4 Å². The Kier molecular flexibility index (Phi) is 5.64. The predicted molar refractivity (Wildman–Crippen MR) is 90.0 cm³/mol. The van der Waals surface area contributed by atoms with E-state index in [0.717, 1.165) is 18.4 Å². The largest absolute Gasteiger partial charge is 0.452 e. The summed E-state index contributed by atoms with van der Waals surface area (Å²) >= 11 is 0. The van der Waals surface area contributed by atoms with E-state index in [1.54, 1.807) is 18.2 Å². The number of benzene rings is 1. The van der Waals surface area contributed by atoms with Crippen molar-refractivity contribution in [3.63, 3.8) is 0 Å². The van der Waals surface area contributed by atoms with Crippen molar-refractivity contribution in [2.24, 2.45) is 11.8 Å². The van der Waals surface area contributed by atoms with Gasteiger partial charge >= 0.3 is 5.97 Å². The van der Waals surface area contributed by atoms with Gasteiger partial charge in [-0.05, 0) is 42.9 Å². The Morgan fingerprint density at radius 1 is 1.30 bits per heavy atom. The SMILES string of the molecule is Cc1ccc(C(=O)OCC(=O)N[C@@H]2CCC[C@H](C)[C@H]2C)cc1N. The molecule has 0 aliphatic heterocycles. The molecule has 1 fully saturated rings. The molecule has 1 amide bonds. The highest BCUT2D eigenvalue weighted by atomic mass is 16.5. The standard InChI is InChI=1S/C18H26N2O3/c1-11-5-4-6-16(13(11)3)20-17(21)10-23-18(22)14-8-7-12(2)15(19)9-14/h7-9,11,13,16H,4-6,10,19H2,1-3H3,(H,20,21)/t11-,13+,16+/m0/s1. The first-order valence-corrected chi connectivity index (χ1v) is 8.21. The van der Waals surface area contributed by atoms with Gasteiger partial charge in [-0.25, -0.2) is 4.79 Å². The second-order valence-corrected chi connectivity index (χ2v) is 6.59. The lowest BCUT2D eigenvalue weighted by atomic mass is 9.78. The van der Waals surface area contributed by atoms with Crippen LogP contribution in [0.1, 0.15) is 49.0 Å². The quantitative estimate of drug-likeness (QED) is 0.660. The maximum absolute atomic E-state index is 12.0. The van der Waals surface area contributed by atoms with Crippen molar-refractivity contribution in [2.75, 3.05) is 12.3 Å². The molecule has 5 nitrogen and oxygen atoms in total. The minimum atomic E-state index is -0.531. The summed E-state index contributed by atoms with van der Waals surface area (Å²) in [4.78, 5) is 24.0. The number of carbonyl (C=O) groups is 2. The van der Waals surface area contributed by atoms with Gasteiger partial charge in [0.05, 0.1) is 5.56 Å². The monoisotopic (exact) mass is 318 g/mol. The fraction of sp³-hybridized carbons (Fsp3) is 0.556. The van der Waals surface area contributed by atoms with Crippen LogP contribution in [0.2, 0.25) is 0 Å². The number of aryl methyl sites for hydroxylation is 1. The molecule has 1 aliphatic rings. The lowest BCUT2D eigenvalue weighted by Crippen LogP contribution is -2.45. The molecule has 1 aliphatic carbocycles.